The molecule has 1 saturated heterocycles. The Kier molecular flexibility index (Phi) is 7.62. The third-order valence-corrected chi connectivity index (χ3v) is 7.31. The van der Waals surface area contributed by atoms with Gasteiger partial charge in [0, 0.05) is 18.1 Å². The molecule has 1 aliphatic heterocycles. The molecule has 3 rings (SSSR count). The van der Waals surface area contributed by atoms with Crippen LogP contribution in [0.2, 0.25) is 5.02 Å². The fourth-order valence-corrected chi connectivity index (χ4v) is 5.26. The van der Waals surface area contributed by atoms with Crippen LogP contribution < -0.4 is 9.62 Å². The Morgan fingerprint density at radius 3 is 2.42 bits per heavy atom. The number of amides is 1. The van der Waals surface area contributed by atoms with Crippen LogP contribution >= 0.6 is 11.6 Å². The van der Waals surface area contributed by atoms with Crippen molar-refractivity contribution in [2.24, 2.45) is 0 Å². The van der Waals surface area contributed by atoms with E-state index in [2.05, 4.69) is 16.3 Å². The van der Waals surface area contributed by atoms with Crippen molar-refractivity contribution in [1.29, 1.82) is 0 Å². The number of carbonyl (C=O) groups excluding carboxylic acids is 1. The molecular weight excluding hydrogens is 434 g/mol. The Balaban J connectivity index is 1.73. The van der Waals surface area contributed by atoms with Gasteiger partial charge in [-0.3, -0.25) is 14.0 Å². The molecule has 31 heavy (non-hydrogen) atoms. The van der Waals surface area contributed by atoms with Crippen LogP contribution in [0.1, 0.15) is 36.5 Å². The van der Waals surface area contributed by atoms with E-state index in [1.165, 1.54) is 18.4 Å². The van der Waals surface area contributed by atoms with Gasteiger partial charge in [-0.2, -0.15) is 0 Å². The number of nitrogens with zero attached hydrogens (tertiary/aromatic N) is 2. The molecule has 2 aromatic carbocycles. The van der Waals surface area contributed by atoms with Crippen molar-refractivity contribution in [3.8, 4) is 0 Å². The number of benzene rings is 2. The topological polar surface area (TPSA) is 69.7 Å². The summed E-state index contributed by atoms with van der Waals surface area (Å²) in [6.07, 6.45) is 3.54. The van der Waals surface area contributed by atoms with Gasteiger partial charge in [0.2, 0.25) is 15.9 Å². The Morgan fingerprint density at radius 1 is 1.16 bits per heavy atom. The summed E-state index contributed by atoms with van der Waals surface area (Å²) >= 11 is 6.19. The van der Waals surface area contributed by atoms with Crippen molar-refractivity contribution in [1.82, 2.24) is 10.2 Å². The second-order valence-corrected chi connectivity index (χ2v) is 10.4. The van der Waals surface area contributed by atoms with E-state index >= 15 is 0 Å². The zero-order valence-corrected chi connectivity index (χ0v) is 19.8. The molecule has 1 aliphatic rings. The van der Waals surface area contributed by atoms with Crippen LogP contribution in [-0.2, 0) is 27.9 Å². The molecule has 2 aromatic rings. The molecule has 0 saturated carbocycles. The van der Waals surface area contributed by atoms with Gasteiger partial charge in [0.25, 0.3) is 0 Å². The molecule has 0 unspecified atom stereocenters. The van der Waals surface area contributed by atoms with Crippen LogP contribution in [0, 0.1) is 6.92 Å². The predicted molar refractivity (Wildman–Crippen MR) is 126 cm³/mol. The zero-order valence-electron chi connectivity index (χ0n) is 18.3. The fraction of sp³-hybridized carbons (Fsp3) is 0.435. The third-order valence-electron chi connectivity index (χ3n) is 5.66. The van der Waals surface area contributed by atoms with Crippen molar-refractivity contribution in [3.05, 3.63) is 64.2 Å². The number of hydrogen-bond donors (Lipinski definition) is 1. The number of likely N-dealkylation sites (tertiary alicyclic amines) is 1. The van der Waals surface area contributed by atoms with E-state index in [9.17, 15) is 13.2 Å². The number of hydrogen-bond acceptors (Lipinski definition) is 4. The highest BCUT2D eigenvalue weighted by molar-refractivity contribution is 7.92. The van der Waals surface area contributed by atoms with Gasteiger partial charge in [-0.15, -0.1) is 0 Å². The van der Waals surface area contributed by atoms with E-state index in [1.54, 1.807) is 25.1 Å². The number of sulfonamides is 1. The molecule has 1 atom stereocenters. The smallest absolute Gasteiger partial charge is 0.243 e. The highest BCUT2D eigenvalue weighted by atomic mass is 35.5. The third kappa shape index (κ3) is 5.99. The quantitative estimate of drug-likeness (QED) is 0.647. The molecule has 168 valence electrons. The average Bonchev–Trinajstić information content (AvgIpc) is 3.22. The lowest BCUT2D eigenvalue weighted by Crippen LogP contribution is -2.47. The first-order valence-corrected chi connectivity index (χ1v) is 12.7. The molecule has 0 radical (unpaired) electrons. The Morgan fingerprint density at radius 2 is 1.81 bits per heavy atom. The normalized spacial score (nSPS) is 15.6. The zero-order chi connectivity index (χ0) is 22.6. The molecule has 1 heterocycles. The van der Waals surface area contributed by atoms with E-state index in [0.29, 0.717) is 17.3 Å². The first-order valence-electron chi connectivity index (χ1n) is 10.5. The number of halogens is 1. The van der Waals surface area contributed by atoms with Gasteiger partial charge in [-0.1, -0.05) is 41.9 Å². The van der Waals surface area contributed by atoms with Crippen molar-refractivity contribution < 1.29 is 13.2 Å². The summed E-state index contributed by atoms with van der Waals surface area (Å²) in [6.45, 7) is 6.82. The summed E-state index contributed by atoms with van der Waals surface area (Å²) in [5.74, 6) is -0.363. The molecule has 1 N–H and O–H groups in total. The van der Waals surface area contributed by atoms with Gasteiger partial charge in [0.05, 0.1) is 11.9 Å². The van der Waals surface area contributed by atoms with Gasteiger partial charge in [0.1, 0.15) is 6.04 Å². The Labute approximate surface area is 190 Å². The van der Waals surface area contributed by atoms with Gasteiger partial charge in [0.15, 0.2) is 0 Å². The number of nitrogens with one attached hydrogen (secondary N) is 1. The molecule has 1 fully saturated rings. The highest BCUT2D eigenvalue weighted by Gasteiger charge is 2.29. The average molecular weight is 464 g/mol. The van der Waals surface area contributed by atoms with Crippen LogP contribution in [-0.4, -0.2) is 44.6 Å². The van der Waals surface area contributed by atoms with E-state index < -0.39 is 16.1 Å². The SMILES string of the molecule is Cc1ccc(N([C@@H](C)C(=O)NCc2ccccc2CN2CCCC2)S(C)(=O)=O)cc1Cl. The molecule has 6 nitrogen and oxygen atoms in total. The van der Waals surface area contributed by atoms with E-state index in [-0.39, 0.29) is 5.91 Å². The largest absolute Gasteiger partial charge is 0.350 e. The second kappa shape index (κ2) is 10.0. The maximum atomic E-state index is 12.9. The van der Waals surface area contributed by atoms with Crippen molar-refractivity contribution in [2.45, 2.75) is 45.8 Å². The minimum Gasteiger partial charge on any atom is -0.350 e. The molecule has 0 aliphatic carbocycles. The predicted octanol–water partition coefficient (Wildman–Crippen LogP) is 3.72. The van der Waals surface area contributed by atoms with Gasteiger partial charge >= 0.3 is 0 Å². The number of aryl methyl sites for hydroxylation is 1. The van der Waals surface area contributed by atoms with Gasteiger partial charge < -0.3 is 5.32 Å². The molecule has 0 spiro atoms. The van der Waals surface area contributed by atoms with Gasteiger partial charge in [-0.05, 0) is 68.6 Å². The van der Waals surface area contributed by atoms with Crippen LogP contribution in [0.25, 0.3) is 0 Å². The number of anilines is 1. The second-order valence-electron chi connectivity index (χ2n) is 8.14. The lowest BCUT2D eigenvalue weighted by molar-refractivity contribution is -0.122. The van der Waals surface area contributed by atoms with Crippen molar-refractivity contribution in [2.75, 3.05) is 23.7 Å². The molecule has 0 aromatic heterocycles. The van der Waals surface area contributed by atoms with Crippen LogP contribution in [0.5, 0.6) is 0 Å². The van der Waals surface area contributed by atoms with E-state index in [0.717, 1.165) is 41.3 Å². The first-order chi connectivity index (χ1) is 14.7. The van der Waals surface area contributed by atoms with Crippen LogP contribution in [0.4, 0.5) is 5.69 Å². The standard InChI is InChI=1S/C23H30ClN3O3S/c1-17-10-11-21(14-22(17)24)27(31(3,29)30)18(2)23(28)25-15-19-8-4-5-9-20(19)16-26-12-6-7-13-26/h4-5,8-11,14,18H,6-7,12-13,15-16H2,1-3H3,(H,25,28)/t18-/m0/s1. The van der Waals surface area contributed by atoms with Crippen LogP contribution in [0.3, 0.4) is 0 Å². The Bertz CT molecular complexity index is 1040. The highest BCUT2D eigenvalue weighted by Crippen LogP contribution is 2.27. The minimum absolute atomic E-state index is 0.347. The lowest BCUT2D eigenvalue weighted by Gasteiger charge is -2.28. The maximum Gasteiger partial charge on any atom is 0.243 e. The molecular formula is C23H30ClN3O3S. The minimum atomic E-state index is -3.69. The summed E-state index contributed by atoms with van der Waals surface area (Å²) in [6, 6.07) is 12.1. The fourth-order valence-electron chi connectivity index (χ4n) is 3.92. The summed E-state index contributed by atoms with van der Waals surface area (Å²) in [5.41, 5.74) is 3.43. The number of carbonyl (C=O) groups is 1. The summed E-state index contributed by atoms with van der Waals surface area (Å²) in [5, 5.41) is 3.37. The van der Waals surface area contributed by atoms with Crippen molar-refractivity contribution >= 4 is 33.2 Å². The summed E-state index contributed by atoms with van der Waals surface area (Å²) in [7, 11) is -3.69. The molecule has 8 heteroatoms. The summed E-state index contributed by atoms with van der Waals surface area (Å²) < 4.78 is 26.1. The Hall–Kier alpha value is -2.09. The monoisotopic (exact) mass is 463 g/mol. The summed E-state index contributed by atoms with van der Waals surface area (Å²) in [4.78, 5) is 15.3. The van der Waals surface area contributed by atoms with Gasteiger partial charge in [-0.25, -0.2) is 8.42 Å². The van der Waals surface area contributed by atoms with Crippen molar-refractivity contribution in [3.63, 3.8) is 0 Å². The number of rotatable bonds is 8. The van der Waals surface area contributed by atoms with E-state index in [4.69, 9.17) is 11.6 Å². The maximum absolute atomic E-state index is 12.9. The van der Waals surface area contributed by atoms with Crippen LogP contribution in [0.15, 0.2) is 42.5 Å². The lowest BCUT2D eigenvalue weighted by atomic mass is 10.1. The molecule has 1 amide bonds. The first kappa shape index (κ1) is 23.6. The van der Waals surface area contributed by atoms with E-state index in [1.807, 2.05) is 25.1 Å². The molecule has 0 bridgehead atoms.